The van der Waals surface area contributed by atoms with E-state index in [4.69, 9.17) is 0 Å². The fourth-order valence-electron chi connectivity index (χ4n) is 0.808. The molecule has 0 radical (unpaired) electrons. The van der Waals surface area contributed by atoms with Crippen molar-refractivity contribution in [2.24, 2.45) is 0 Å². The van der Waals surface area contributed by atoms with Crippen LogP contribution >= 0.6 is 0 Å². The number of carbonyl (C=O) groups is 1. The first kappa shape index (κ1) is 8.79. The summed E-state index contributed by atoms with van der Waals surface area (Å²) in [6.45, 7) is 0.954. The third kappa shape index (κ3) is 2.75. The molecular formula is C6H11N5O. The smallest absolute Gasteiger partial charge is 0.148 e. The summed E-state index contributed by atoms with van der Waals surface area (Å²) in [5.41, 5.74) is 0. The van der Waals surface area contributed by atoms with Crippen LogP contribution in [0.3, 0.4) is 0 Å². The molecule has 0 aliphatic carbocycles. The molecule has 1 aromatic heterocycles. The van der Waals surface area contributed by atoms with Gasteiger partial charge in [0.25, 0.3) is 0 Å². The lowest BCUT2D eigenvalue weighted by Crippen LogP contribution is -2.19. The average Bonchev–Trinajstić information content (AvgIpc) is 2.53. The first-order chi connectivity index (χ1) is 5.83. The summed E-state index contributed by atoms with van der Waals surface area (Å²) in [7, 11) is 1.74. The Balaban J connectivity index is 2.22. The van der Waals surface area contributed by atoms with Crippen molar-refractivity contribution in [3.8, 4) is 0 Å². The van der Waals surface area contributed by atoms with Crippen LogP contribution in [0.25, 0.3) is 0 Å². The highest BCUT2D eigenvalue weighted by Crippen LogP contribution is 1.86. The molecule has 0 amide bonds. The van der Waals surface area contributed by atoms with Gasteiger partial charge in [-0.25, -0.2) is 4.68 Å². The van der Waals surface area contributed by atoms with Gasteiger partial charge in [0.2, 0.25) is 0 Å². The van der Waals surface area contributed by atoms with Gasteiger partial charge in [0, 0.05) is 6.42 Å². The molecule has 0 saturated carbocycles. The van der Waals surface area contributed by atoms with Crippen molar-refractivity contribution in [2.45, 2.75) is 13.0 Å². The second kappa shape index (κ2) is 4.55. The average molecular weight is 169 g/mol. The molecular weight excluding hydrogens is 158 g/mol. The Morgan fingerprint density at radius 3 is 3.08 bits per heavy atom. The van der Waals surface area contributed by atoms with Crippen LogP contribution in [0.1, 0.15) is 6.42 Å². The fourth-order valence-corrected chi connectivity index (χ4v) is 0.808. The number of Topliss-reactive ketones (excluding diaryl/α,β-unsaturated/α-hetero) is 1. The number of aromatic nitrogens is 4. The molecule has 1 heterocycles. The van der Waals surface area contributed by atoms with Crippen molar-refractivity contribution >= 4 is 5.78 Å². The molecule has 1 aromatic rings. The van der Waals surface area contributed by atoms with Crippen LogP contribution in [-0.4, -0.2) is 39.6 Å². The topological polar surface area (TPSA) is 72.7 Å². The molecule has 6 nitrogen and oxygen atoms in total. The first-order valence-corrected chi connectivity index (χ1v) is 3.70. The second-order valence-corrected chi connectivity index (χ2v) is 2.39. The van der Waals surface area contributed by atoms with E-state index in [0.717, 1.165) is 0 Å². The number of ketones is 1. The summed E-state index contributed by atoms with van der Waals surface area (Å²) in [4.78, 5) is 11.0. The Kier molecular flexibility index (Phi) is 3.34. The minimum Gasteiger partial charge on any atom is -0.313 e. The minimum atomic E-state index is 0.160. The Morgan fingerprint density at radius 2 is 2.50 bits per heavy atom. The van der Waals surface area contributed by atoms with E-state index >= 15 is 0 Å². The molecule has 0 aliphatic rings. The maximum absolute atomic E-state index is 11.0. The van der Waals surface area contributed by atoms with Gasteiger partial charge in [0.05, 0.1) is 13.1 Å². The molecule has 1 rings (SSSR count). The number of hydrogen-bond acceptors (Lipinski definition) is 5. The van der Waals surface area contributed by atoms with Crippen LogP contribution in [0.4, 0.5) is 0 Å². The summed E-state index contributed by atoms with van der Waals surface area (Å²) in [5, 5.41) is 13.3. The Hall–Kier alpha value is -1.30. The summed E-state index contributed by atoms with van der Waals surface area (Å²) >= 11 is 0. The van der Waals surface area contributed by atoms with Crippen molar-refractivity contribution in [1.82, 2.24) is 25.5 Å². The first-order valence-electron chi connectivity index (χ1n) is 3.70. The molecule has 6 heteroatoms. The number of rotatable bonds is 5. The van der Waals surface area contributed by atoms with Crippen LogP contribution in [-0.2, 0) is 11.3 Å². The van der Waals surface area contributed by atoms with Crippen LogP contribution in [0, 0.1) is 0 Å². The number of aryl methyl sites for hydroxylation is 1. The van der Waals surface area contributed by atoms with E-state index in [1.54, 1.807) is 7.05 Å². The van der Waals surface area contributed by atoms with Gasteiger partial charge >= 0.3 is 0 Å². The fraction of sp³-hybridized carbons (Fsp3) is 0.667. The lowest BCUT2D eigenvalue weighted by molar-refractivity contribution is -0.118. The third-order valence-corrected chi connectivity index (χ3v) is 1.39. The van der Waals surface area contributed by atoms with Crippen LogP contribution in [0.15, 0.2) is 6.33 Å². The van der Waals surface area contributed by atoms with Crippen molar-refractivity contribution in [3.63, 3.8) is 0 Å². The Labute approximate surface area is 70.0 Å². The standard InChI is InChI=1S/C6H11N5O/c1-7-4-6(12)2-3-11-5-8-9-10-11/h5,7H,2-4H2,1H3. The van der Waals surface area contributed by atoms with Gasteiger partial charge in [-0.3, -0.25) is 4.79 Å². The number of nitrogens with one attached hydrogen (secondary N) is 1. The van der Waals surface area contributed by atoms with Gasteiger partial charge in [-0.1, -0.05) is 0 Å². The van der Waals surface area contributed by atoms with Gasteiger partial charge in [0.15, 0.2) is 0 Å². The predicted octanol–water partition coefficient (Wildman–Crippen LogP) is -1.15. The molecule has 66 valence electrons. The van der Waals surface area contributed by atoms with Crippen molar-refractivity contribution in [3.05, 3.63) is 6.33 Å². The Bertz CT molecular complexity index is 232. The number of nitrogens with zero attached hydrogens (tertiary/aromatic N) is 4. The van der Waals surface area contributed by atoms with Crippen molar-refractivity contribution < 1.29 is 4.79 Å². The molecule has 0 aromatic carbocycles. The van der Waals surface area contributed by atoms with Crippen molar-refractivity contribution in [2.75, 3.05) is 13.6 Å². The molecule has 0 atom stereocenters. The third-order valence-electron chi connectivity index (χ3n) is 1.39. The summed E-state index contributed by atoms with van der Waals surface area (Å²) in [6, 6.07) is 0. The lowest BCUT2D eigenvalue weighted by atomic mass is 10.3. The molecule has 0 saturated heterocycles. The second-order valence-electron chi connectivity index (χ2n) is 2.39. The quantitative estimate of drug-likeness (QED) is 0.602. The highest BCUT2D eigenvalue weighted by atomic mass is 16.1. The molecule has 0 bridgehead atoms. The number of tetrazole rings is 1. The minimum absolute atomic E-state index is 0.160. The zero-order valence-corrected chi connectivity index (χ0v) is 6.90. The molecule has 12 heavy (non-hydrogen) atoms. The predicted molar refractivity (Wildman–Crippen MR) is 41.4 cm³/mol. The number of likely N-dealkylation sites (N-methyl/N-ethyl adjacent to an activating group) is 1. The normalized spacial score (nSPS) is 10.1. The van der Waals surface area contributed by atoms with Gasteiger partial charge < -0.3 is 5.32 Å². The van der Waals surface area contributed by atoms with E-state index in [0.29, 0.717) is 19.5 Å². The van der Waals surface area contributed by atoms with Crippen molar-refractivity contribution in [1.29, 1.82) is 0 Å². The van der Waals surface area contributed by atoms with E-state index in [1.165, 1.54) is 11.0 Å². The van der Waals surface area contributed by atoms with E-state index < -0.39 is 0 Å². The maximum Gasteiger partial charge on any atom is 0.148 e. The van der Waals surface area contributed by atoms with Crippen LogP contribution in [0.5, 0.6) is 0 Å². The van der Waals surface area contributed by atoms with E-state index in [2.05, 4.69) is 20.8 Å². The molecule has 0 unspecified atom stereocenters. The summed E-state index contributed by atoms with van der Waals surface area (Å²) < 4.78 is 1.54. The number of hydrogen-bond donors (Lipinski definition) is 1. The SMILES string of the molecule is CNCC(=O)CCn1cnnn1. The molecule has 0 aliphatic heterocycles. The van der Waals surface area contributed by atoms with E-state index in [9.17, 15) is 4.79 Å². The van der Waals surface area contributed by atoms with Crippen LogP contribution in [0.2, 0.25) is 0 Å². The number of carbonyl (C=O) groups excluding carboxylic acids is 1. The zero-order valence-electron chi connectivity index (χ0n) is 6.90. The lowest BCUT2D eigenvalue weighted by Gasteiger charge is -1.98. The monoisotopic (exact) mass is 169 g/mol. The van der Waals surface area contributed by atoms with Crippen LogP contribution < -0.4 is 5.32 Å². The largest absolute Gasteiger partial charge is 0.313 e. The summed E-state index contributed by atoms with van der Waals surface area (Å²) in [5.74, 6) is 0.160. The highest BCUT2D eigenvalue weighted by Gasteiger charge is 2.00. The molecule has 1 N–H and O–H groups in total. The van der Waals surface area contributed by atoms with Gasteiger partial charge in [-0.05, 0) is 17.5 Å². The molecule has 0 fully saturated rings. The Morgan fingerprint density at radius 1 is 1.67 bits per heavy atom. The van der Waals surface area contributed by atoms with Gasteiger partial charge in [0.1, 0.15) is 12.1 Å². The highest BCUT2D eigenvalue weighted by molar-refractivity contribution is 5.80. The van der Waals surface area contributed by atoms with Gasteiger partial charge in [-0.15, -0.1) is 5.10 Å². The van der Waals surface area contributed by atoms with Gasteiger partial charge in [-0.2, -0.15) is 0 Å². The maximum atomic E-state index is 11.0. The zero-order chi connectivity index (χ0) is 8.81. The van der Waals surface area contributed by atoms with E-state index in [-0.39, 0.29) is 5.78 Å². The summed E-state index contributed by atoms with van der Waals surface area (Å²) in [6.07, 6.45) is 1.96. The van der Waals surface area contributed by atoms with E-state index in [1.807, 2.05) is 0 Å². The molecule has 0 spiro atoms.